The fourth-order valence-electron chi connectivity index (χ4n) is 4.19. The first-order valence-corrected chi connectivity index (χ1v) is 9.27. The van der Waals surface area contributed by atoms with Crippen LogP contribution >= 0.6 is 0 Å². The molecule has 0 spiro atoms. The summed E-state index contributed by atoms with van der Waals surface area (Å²) >= 11 is 0. The molecule has 1 atom stereocenters. The second-order valence-electron chi connectivity index (χ2n) is 7.21. The van der Waals surface area contributed by atoms with Gasteiger partial charge < -0.3 is 4.65 Å². The van der Waals surface area contributed by atoms with Crippen molar-refractivity contribution in [2.45, 2.75) is 45.4 Å². The first-order valence-electron chi connectivity index (χ1n) is 9.27. The molecule has 0 N–H and O–H groups in total. The van der Waals surface area contributed by atoms with E-state index in [-0.39, 0.29) is 11.9 Å². The minimum Gasteiger partial charge on any atom is -0.543 e. The Morgan fingerprint density at radius 2 is 1.96 bits per heavy atom. The van der Waals surface area contributed by atoms with Crippen molar-refractivity contribution in [1.29, 1.82) is 0 Å². The van der Waals surface area contributed by atoms with E-state index in [2.05, 4.69) is 49.4 Å². The van der Waals surface area contributed by atoms with Crippen LogP contribution in [0.5, 0.6) is 0 Å². The van der Waals surface area contributed by atoms with Gasteiger partial charge in [-0.25, -0.2) is 0 Å². The van der Waals surface area contributed by atoms with E-state index >= 15 is 0 Å². The second kappa shape index (κ2) is 7.87. The molecule has 2 aromatic rings. The van der Waals surface area contributed by atoms with Crippen molar-refractivity contribution in [1.82, 2.24) is 0 Å². The zero-order chi connectivity index (χ0) is 16.9. The monoisotopic (exact) mass is 322 g/mol. The minimum atomic E-state index is -0.00272. The molecule has 0 aromatic heterocycles. The predicted molar refractivity (Wildman–Crippen MR) is 102 cm³/mol. The van der Waals surface area contributed by atoms with E-state index in [0.717, 1.165) is 38.5 Å². The molecule has 24 heavy (non-hydrogen) atoms. The molecule has 1 aliphatic carbocycles. The van der Waals surface area contributed by atoms with Crippen LogP contribution in [0.1, 0.15) is 44.6 Å². The van der Waals surface area contributed by atoms with Crippen LogP contribution in [0.2, 0.25) is 0 Å². The van der Waals surface area contributed by atoms with E-state index in [1.165, 1.54) is 24.4 Å². The third-order valence-electron chi connectivity index (χ3n) is 5.60. The van der Waals surface area contributed by atoms with Gasteiger partial charge in [0, 0.05) is 0 Å². The van der Waals surface area contributed by atoms with Crippen LogP contribution in [0, 0.1) is 17.8 Å². The zero-order valence-corrected chi connectivity index (χ0v) is 14.8. The van der Waals surface area contributed by atoms with Crippen LogP contribution < -0.4 is 0 Å². The molecule has 0 aliphatic heterocycles. The second-order valence-corrected chi connectivity index (χ2v) is 7.21. The van der Waals surface area contributed by atoms with Gasteiger partial charge in [0.15, 0.2) is 0 Å². The molecular formula is C21H27BO2. The van der Waals surface area contributed by atoms with Gasteiger partial charge in [-0.3, -0.25) is 4.79 Å². The average Bonchev–Trinajstić information content (AvgIpc) is 2.59. The van der Waals surface area contributed by atoms with E-state index in [4.69, 9.17) is 4.65 Å². The summed E-state index contributed by atoms with van der Waals surface area (Å²) < 4.78 is 5.04. The quantitative estimate of drug-likeness (QED) is 0.710. The molecule has 0 amide bonds. The lowest BCUT2D eigenvalue weighted by Gasteiger charge is -2.40. The highest BCUT2D eigenvalue weighted by Crippen LogP contribution is 2.43. The summed E-state index contributed by atoms with van der Waals surface area (Å²) in [5.74, 6) is 1.33. The molecule has 0 radical (unpaired) electrons. The Bertz CT molecular complexity index is 686. The minimum absolute atomic E-state index is 0.00272. The maximum Gasteiger partial charge on any atom is 0.325 e. The van der Waals surface area contributed by atoms with Crippen molar-refractivity contribution in [3.05, 3.63) is 48.0 Å². The SMILES string of the molecule is BOC(=O)C(CCCC)C1CC(Cc2cccc3ccccc23)C1. The molecule has 126 valence electrons. The van der Waals surface area contributed by atoms with E-state index in [9.17, 15) is 4.79 Å². The zero-order valence-electron chi connectivity index (χ0n) is 14.8. The van der Waals surface area contributed by atoms with Gasteiger partial charge in [0.2, 0.25) is 0 Å². The van der Waals surface area contributed by atoms with Crippen molar-refractivity contribution >= 4 is 24.8 Å². The van der Waals surface area contributed by atoms with Crippen LogP contribution in [0.15, 0.2) is 42.5 Å². The third kappa shape index (κ3) is 3.66. The van der Waals surface area contributed by atoms with Crippen molar-refractivity contribution in [3.63, 3.8) is 0 Å². The molecule has 3 rings (SSSR count). The Balaban J connectivity index is 1.62. The fraction of sp³-hybridized carbons (Fsp3) is 0.476. The Morgan fingerprint density at radius 1 is 1.21 bits per heavy atom. The van der Waals surface area contributed by atoms with Crippen molar-refractivity contribution in [3.8, 4) is 0 Å². The maximum absolute atomic E-state index is 12.1. The summed E-state index contributed by atoms with van der Waals surface area (Å²) in [6.45, 7) is 2.18. The molecule has 2 aromatic carbocycles. The number of rotatable bonds is 7. The number of fused-ring (bicyclic) bond motifs is 1. The Kier molecular flexibility index (Phi) is 5.60. The van der Waals surface area contributed by atoms with E-state index < -0.39 is 0 Å². The molecule has 1 unspecified atom stereocenters. The van der Waals surface area contributed by atoms with Crippen LogP contribution in [0.3, 0.4) is 0 Å². The smallest absolute Gasteiger partial charge is 0.325 e. The average molecular weight is 322 g/mol. The molecule has 1 saturated carbocycles. The van der Waals surface area contributed by atoms with Gasteiger partial charge in [-0.1, -0.05) is 62.2 Å². The third-order valence-corrected chi connectivity index (χ3v) is 5.60. The summed E-state index contributed by atoms with van der Waals surface area (Å²) in [4.78, 5) is 12.1. The van der Waals surface area contributed by atoms with Gasteiger partial charge in [0.25, 0.3) is 5.97 Å². The highest BCUT2D eigenvalue weighted by molar-refractivity contribution is 6.05. The molecule has 1 fully saturated rings. The largest absolute Gasteiger partial charge is 0.543 e. The molecule has 0 saturated heterocycles. The maximum atomic E-state index is 12.1. The van der Waals surface area contributed by atoms with Crippen molar-refractivity contribution in [2.75, 3.05) is 0 Å². The van der Waals surface area contributed by atoms with Crippen LogP contribution in [-0.2, 0) is 15.9 Å². The van der Waals surface area contributed by atoms with Crippen molar-refractivity contribution < 1.29 is 9.45 Å². The van der Waals surface area contributed by atoms with Gasteiger partial charge >= 0.3 is 8.05 Å². The summed E-state index contributed by atoms with van der Waals surface area (Å²) in [6, 6.07) is 15.2. The fourth-order valence-corrected chi connectivity index (χ4v) is 4.19. The number of carbonyl (C=O) groups excluding carboxylic acids is 1. The summed E-state index contributed by atoms with van der Waals surface area (Å²) in [6.07, 6.45) is 6.68. The van der Waals surface area contributed by atoms with Crippen LogP contribution in [-0.4, -0.2) is 14.0 Å². The standard InChI is InChI=1S/C21H27BO2/c1-2-3-10-20(21(23)24-22)18-13-15(14-18)12-17-9-6-8-16-7-4-5-11-19(16)17/h4-9,11,15,18,20H,2-3,10,12-14,22H2,1H3. The van der Waals surface area contributed by atoms with Gasteiger partial charge in [-0.15, -0.1) is 0 Å². The summed E-state index contributed by atoms with van der Waals surface area (Å²) in [5, 5.41) is 2.69. The van der Waals surface area contributed by atoms with Gasteiger partial charge in [0.05, 0.1) is 5.92 Å². The number of carbonyl (C=O) groups is 1. The van der Waals surface area contributed by atoms with Crippen LogP contribution in [0.25, 0.3) is 10.8 Å². The summed E-state index contributed by atoms with van der Waals surface area (Å²) in [5.41, 5.74) is 1.44. The lowest BCUT2D eigenvalue weighted by Crippen LogP contribution is -2.36. The topological polar surface area (TPSA) is 26.3 Å². The predicted octanol–water partition coefficient (Wildman–Crippen LogP) is 4.31. The Hall–Kier alpha value is -1.77. The van der Waals surface area contributed by atoms with Gasteiger partial charge in [-0.05, 0) is 53.9 Å². The van der Waals surface area contributed by atoms with Crippen molar-refractivity contribution in [2.24, 2.45) is 17.8 Å². The lowest BCUT2D eigenvalue weighted by molar-refractivity contribution is -0.142. The lowest BCUT2D eigenvalue weighted by atomic mass is 9.65. The molecular weight excluding hydrogens is 295 g/mol. The van der Waals surface area contributed by atoms with E-state index in [1.807, 2.05) is 0 Å². The number of hydrogen-bond acceptors (Lipinski definition) is 2. The number of unbranched alkanes of at least 4 members (excludes halogenated alkanes) is 1. The van der Waals surface area contributed by atoms with Gasteiger partial charge in [0.1, 0.15) is 0 Å². The highest BCUT2D eigenvalue weighted by Gasteiger charge is 2.38. The van der Waals surface area contributed by atoms with E-state index in [0.29, 0.717) is 11.8 Å². The Morgan fingerprint density at radius 3 is 2.71 bits per heavy atom. The molecule has 0 heterocycles. The first kappa shape index (κ1) is 17.1. The highest BCUT2D eigenvalue weighted by atomic mass is 16.5. The Labute approximate surface area is 146 Å². The molecule has 1 aliphatic rings. The van der Waals surface area contributed by atoms with Crippen LogP contribution in [0.4, 0.5) is 0 Å². The molecule has 3 heteroatoms. The van der Waals surface area contributed by atoms with Gasteiger partial charge in [-0.2, -0.15) is 0 Å². The molecule has 2 nitrogen and oxygen atoms in total. The first-order chi connectivity index (χ1) is 11.7. The normalized spacial score (nSPS) is 21.2. The number of benzene rings is 2. The molecule has 0 bridgehead atoms. The number of hydrogen-bond donors (Lipinski definition) is 0. The van der Waals surface area contributed by atoms with E-state index in [1.54, 1.807) is 0 Å². The summed E-state index contributed by atoms with van der Waals surface area (Å²) in [7, 11) is 1.52.